The average Bonchev–Trinajstić information content (AvgIpc) is 3.52. The molecule has 1 saturated carbocycles. The summed E-state index contributed by atoms with van der Waals surface area (Å²) in [5.74, 6) is -0.708. The van der Waals surface area contributed by atoms with E-state index in [0.29, 0.717) is 25.9 Å². The van der Waals surface area contributed by atoms with Crippen molar-refractivity contribution in [3.05, 3.63) is 41.1 Å². The molecule has 1 N–H and O–H groups in total. The Morgan fingerprint density at radius 2 is 2.07 bits per heavy atom. The van der Waals surface area contributed by atoms with Gasteiger partial charge in [-0.2, -0.15) is 0 Å². The van der Waals surface area contributed by atoms with E-state index >= 15 is 0 Å². The summed E-state index contributed by atoms with van der Waals surface area (Å²) < 4.78 is 10.5. The Morgan fingerprint density at radius 1 is 1.25 bits per heavy atom. The van der Waals surface area contributed by atoms with Crippen LogP contribution in [0.15, 0.2) is 30.0 Å². The maximum absolute atomic E-state index is 12.8. The summed E-state index contributed by atoms with van der Waals surface area (Å²) in [6, 6.07) is 6.56. The number of aryl methyl sites for hydroxylation is 1. The predicted octanol–water partition coefficient (Wildman–Crippen LogP) is 2.56. The smallest absolute Gasteiger partial charge is 0.343 e. The second-order valence-corrected chi connectivity index (χ2v) is 7.32. The van der Waals surface area contributed by atoms with Crippen molar-refractivity contribution in [2.75, 3.05) is 31.3 Å². The summed E-state index contributed by atoms with van der Waals surface area (Å²) in [7, 11) is 0. The van der Waals surface area contributed by atoms with E-state index in [1.165, 1.54) is 0 Å². The first kappa shape index (κ1) is 20.6. The topological polar surface area (TPSA) is 76.1 Å². The zero-order valence-corrected chi connectivity index (χ0v) is 16.5. The number of aliphatic hydroxyl groups is 1. The van der Waals surface area contributed by atoms with E-state index in [0.717, 1.165) is 48.9 Å². The van der Waals surface area contributed by atoms with Crippen LogP contribution in [0.3, 0.4) is 0 Å². The zero-order valence-electron chi connectivity index (χ0n) is 16.5. The number of Topliss-reactive ketones (excluding diaryl/α,β-unsaturated/α-hetero) is 1. The molecule has 1 aromatic rings. The van der Waals surface area contributed by atoms with Gasteiger partial charge in [-0.15, -0.1) is 0 Å². The third-order valence-corrected chi connectivity index (χ3v) is 4.93. The molecule has 0 atom stereocenters. The summed E-state index contributed by atoms with van der Waals surface area (Å²) >= 11 is 0. The lowest BCUT2D eigenvalue weighted by Crippen LogP contribution is -2.22. The molecular formula is C22H29NO5. The van der Waals surface area contributed by atoms with Gasteiger partial charge in [0, 0.05) is 31.0 Å². The lowest BCUT2D eigenvalue weighted by Gasteiger charge is -2.22. The first-order chi connectivity index (χ1) is 13.6. The van der Waals surface area contributed by atoms with Gasteiger partial charge in [-0.25, -0.2) is 4.79 Å². The number of ketones is 1. The van der Waals surface area contributed by atoms with E-state index in [1.807, 2.05) is 6.92 Å². The van der Waals surface area contributed by atoms with Crippen LogP contribution >= 0.6 is 0 Å². The summed E-state index contributed by atoms with van der Waals surface area (Å²) in [6.07, 6.45) is 6.45. The molecule has 0 unspecified atom stereocenters. The van der Waals surface area contributed by atoms with Crippen molar-refractivity contribution in [2.45, 2.75) is 51.5 Å². The van der Waals surface area contributed by atoms with Crippen molar-refractivity contribution in [2.24, 2.45) is 0 Å². The van der Waals surface area contributed by atoms with E-state index in [4.69, 9.17) is 14.6 Å². The summed E-state index contributed by atoms with van der Waals surface area (Å²) in [5, 5.41) is 8.75. The summed E-state index contributed by atoms with van der Waals surface area (Å²) in [5.41, 5.74) is 3.26. The Bertz CT molecular complexity index is 738. The van der Waals surface area contributed by atoms with Gasteiger partial charge in [-0.3, -0.25) is 4.79 Å². The quantitative estimate of drug-likeness (QED) is 0.378. The molecule has 6 nitrogen and oxygen atoms in total. The number of carbonyl (C=O) groups excluding carboxylic acids is 2. The number of nitrogens with zero attached hydrogens (tertiary/aromatic N) is 1. The van der Waals surface area contributed by atoms with Crippen LogP contribution in [0, 0.1) is 0 Å². The molecule has 28 heavy (non-hydrogen) atoms. The van der Waals surface area contributed by atoms with E-state index in [-0.39, 0.29) is 24.4 Å². The van der Waals surface area contributed by atoms with Crippen molar-refractivity contribution in [1.29, 1.82) is 0 Å². The molecule has 0 saturated heterocycles. The number of esters is 1. The molecule has 1 fully saturated rings. The molecular weight excluding hydrogens is 358 g/mol. The van der Waals surface area contributed by atoms with Gasteiger partial charge in [0.25, 0.3) is 0 Å². The van der Waals surface area contributed by atoms with Gasteiger partial charge in [-0.05, 0) is 49.3 Å². The third-order valence-electron chi connectivity index (χ3n) is 4.93. The third kappa shape index (κ3) is 5.20. The zero-order chi connectivity index (χ0) is 19.9. The van der Waals surface area contributed by atoms with E-state index in [9.17, 15) is 9.59 Å². The van der Waals surface area contributed by atoms with E-state index in [1.54, 1.807) is 6.20 Å². The minimum atomic E-state index is -0.522. The minimum Gasteiger partial charge on any atom is -0.462 e. The van der Waals surface area contributed by atoms with Crippen LogP contribution in [0.25, 0.3) is 0 Å². The predicted molar refractivity (Wildman–Crippen MR) is 106 cm³/mol. The average molecular weight is 387 g/mol. The highest BCUT2D eigenvalue weighted by Crippen LogP contribution is 2.37. The number of rotatable bonds is 10. The van der Waals surface area contributed by atoms with Crippen LogP contribution in [-0.4, -0.2) is 49.3 Å². The second kappa shape index (κ2) is 9.85. The number of carbonyl (C=O) groups is 2. The first-order valence-electron chi connectivity index (χ1n) is 10.1. The Labute approximate surface area is 166 Å². The van der Waals surface area contributed by atoms with Crippen LogP contribution in [0.1, 0.15) is 43.7 Å². The van der Waals surface area contributed by atoms with Crippen LogP contribution in [0.5, 0.6) is 0 Å². The fourth-order valence-electron chi connectivity index (χ4n) is 3.38. The second-order valence-electron chi connectivity index (χ2n) is 7.32. The number of hydrogen-bond donors (Lipinski definition) is 1. The molecule has 1 aliphatic carbocycles. The normalized spacial score (nSPS) is 16.4. The van der Waals surface area contributed by atoms with Crippen molar-refractivity contribution in [1.82, 2.24) is 0 Å². The maximum atomic E-state index is 12.8. The Hall–Kier alpha value is -2.18. The molecule has 0 spiro atoms. The fourth-order valence-corrected chi connectivity index (χ4v) is 3.38. The lowest BCUT2D eigenvalue weighted by atomic mass is 9.99. The summed E-state index contributed by atoms with van der Waals surface area (Å²) in [4.78, 5) is 27.2. The van der Waals surface area contributed by atoms with Crippen LogP contribution in [-0.2, 0) is 31.9 Å². The van der Waals surface area contributed by atoms with Crippen molar-refractivity contribution in [3.8, 4) is 0 Å². The first-order valence-corrected chi connectivity index (χ1v) is 10.1. The maximum Gasteiger partial charge on any atom is 0.343 e. The fraction of sp³-hybridized carbons (Fsp3) is 0.545. The molecule has 1 heterocycles. The standard InChI is InChI=1S/C22H29NO5/c1-2-10-28-22(26)19-15-23(18-6-7-18)20-8-5-16(4-3-11-27-12-9-24)13-17(20)14-21(19)25/h5,8,13,15,18,24H,2-4,6-7,9-12,14H2,1H3. The van der Waals surface area contributed by atoms with Gasteiger partial charge < -0.3 is 19.5 Å². The number of aliphatic hydroxyl groups excluding tert-OH is 1. The highest BCUT2D eigenvalue weighted by Gasteiger charge is 2.34. The SMILES string of the molecule is CCCOC(=O)C1=CN(C2CC2)c2ccc(CCCOCCO)cc2CC1=O. The molecule has 1 aromatic carbocycles. The minimum absolute atomic E-state index is 0.0357. The number of anilines is 1. The monoisotopic (exact) mass is 387 g/mol. The Kier molecular flexibility index (Phi) is 7.23. The van der Waals surface area contributed by atoms with Gasteiger partial charge in [0.05, 0.1) is 19.8 Å². The highest BCUT2D eigenvalue weighted by atomic mass is 16.5. The Balaban J connectivity index is 1.76. The Morgan fingerprint density at radius 3 is 2.79 bits per heavy atom. The van der Waals surface area contributed by atoms with Crippen molar-refractivity contribution < 1.29 is 24.2 Å². The van der Waals surface area contributed by atoms with E-state index in [2.05, 4.69) is 23.1 Å². The van der Waals surface area contributed by atoms with Crippen molar-refractivity contribution in [3.63, 3.8) is 0 Å². The van der Waals surface area contributed by atoms with Gasteiger partial charge in [0.15, 0.2) is 5.78 Å². The molecule has 3 rings (SSSR count). The van der Waals surface area contributed by atoms with Crippen LogP contribution in [0.2, 0.25) is 0 Å². The van der Waals surface area contributed by atoms with Gasteiger partial charge in [0.1, 0.15) is 5.57 Å². The molecule has 0 radical (unpaired) electrons. The molecule has 0 aromatic heterocycles. The van der Waals surface area contributed by atoms with Gasteiger partial charge in [0.2, 0.25) is 0 Å². The molecule has 0 amide bonds. The summed E-state index contributed by atoms with van der Waals surface area (Å²) in [6.45, 7) is 3.24. The molecule has 152 valence electrons. The number of hydrogen-bond acceptors (Lipinski definition) is 6. The number of benzene rings is 1. The molecule has 0 bridgehead atoms. The van der Waals surface area contributed by atoms with Crippen molar-refractivity contribution >= 4 is 17.4 Å². The molecule has 2 aliphatic rings. The number of fused-ring (bicyclic) bond motifs is 1. The lowest BCUT2D eigenvalue weighted by molar-refractivity contribution is -0.140. The van der Waals surface area contributed by atoms with Gasteiger partial charge >= 0.3 is 5.97 Å². The molecule has 6 heteroatoms. The van der Waals surface area contributed by atoms with Crippen LogP contribution < -0.4 is 4.90 Å². The largest absolute Gasteiger partial charge is 0.462 e. The van der Waals surface area contributed by atoms with E-state index < -0.39 is 5.97 Å². The van der Waals surface area contributed by atoms with Gasteiger partial charge in [-0.1, -0.05) is 19.1 Å². The highest BCUT2D eigenvalue weighted by molar-refractivity contribution is 6.18. The molecule has 1 aliphatic heterocycles. The van der Waals surface area contributed by atoms with Crippen LogP contribution in [0.4, 0.5) is 5.69 Å². The number of ether oxygens (including phenoxy) is 2.